The summed E-state index contributed by atoms with van der Waals surface area (Å²) in [5.41, 5.74) is 1.59. The van der Waals surface area contributed by atoms with Crippen molar-refractivity contribution in [1.29, 1.82) is 0 Å². The van der Waals surface area contributed by atoms with Crippen molar-refractivity contribution in [2.24, 2.45) is 11.8 Å². The van der Waals surface area contributed by atoms with Crippen LogP contribution in [0.25, 0.3) is 0 Å². The predicted octanol–water partition coefficient (Wildman–Crippen LogP) is 4.07. The summed E-state index contributed by atoms with van der Waals surface area (Å²) in [6.07, 6.45) is 8.55. The maximum atomic E-state index is 3.51. The van der Waals surface area contributed by atoms with E-state index in [1.807, 2.05) is 0 Å². The normalized spacial score (nSPS) is 32.3. The molecule has 1 saturated carbocycles. The minimum absolute atomic E-state index is 0. The molecule has 0 amide bonds. The maximum absolute atomic E-state index is 3.51. The molecule has 2 saturated heterocycles. The van der Waals surface area contributed by atoms with Gasteiger partial charge in [-0.1, -0.05) is 43.2 Å². The number of hydrogen-bond donors (Lipinski definition) is 1. The molecule has 3 aliphatic rings. The number of nitrogens with one attached hydrogen (secondary N) is 1. The molecule has 3 unspecified atom stereocenters. The van der Waals surface area contributed by atoms with Crippen molar-refractivity contribution in [1.82, 2.24) is 10.2 Å². The molecule has 23 heavy (non-hydrogen) atoms. The van der Waals surface area contributed by atoms with E-state index < -0.39 is 0 Å². The van der Waals surface area contributed by atoms with Crippen LogP contribution in [0.5, 0.6) is 0 Å². The highest BCUT2D eigenvalue weighted by molar-refractivity contribution is 5.85. The van der Waals surface area contributed by atoms with Gasteiger partial charge in [0.1, 0.15) is 0 Å². The van der Waals surface area contributed by atoms with Gasteiger partial charge in [0.2, 0.25) is 0 Å². The second-order valence-corrected chi connectivity index (χ2v) is 7.68. The monoisotopic (exact) mass is 334 g/mol. The number of fused-ring (bicyclic) bond motifs is 1. The van der Waals surface area contributed by atoms with Gasteiger partial charge >= 0.3 is 0 Å². The lowest BCUT2D eigenvalue weighted by Crippen LogP contribution is -2.40. The highest BCUT2D eigenvalue weighted by atomic mass is 35.5. The fourth-order valence-corrected chi connectivity index (χ4v) is 5.24. The zero-order valence-corrected chi connectivity index (χ0v) is 14.9. The van der Waals surface area contributed by atoms with E-state index in [9.17, 15) is 0 Å². The van der Waals surface area contributed by atoms with Crippen LogP contribution in [0, 0.1) is 11.8 Å². The van der Waals surface area contributed by atoms with Gasteiger partial charge in [-0.3, -0.25) is 4.90 Å². The average Bonchev–Trinajstić information content (AvgIpc) is 2.96. The number of halogens is 1. The Balaban J connectivity index is 0.00000156. The first-order chi connectivity index (χ1) is 10.9. The molecule has 3 atom stereocenters. The van der Waals surface area contributed by atoms with E-state index in [0.29, 0.717) is 0 Å². The summed E-state index contributed by atoms with van der Waals surface area (Å²) >= 11 is 0. The van der Waals surface area contributed by atoms with Crippen molar-refractivity contribution in [3.63, 3.8) is 0 Å². The molecule has 0 aromatic heterocycles. The highest BCUT2D eigenvalue weighted by Crippen LogP contribution is 2.45. The second-order valence-electron chi connectivity index (χ2n) is 7.68. The second kappa shape index (κ2) is 8.00. The summed E-state index contributed by atoms with van der Waals surface area (Å²) in [4.78, 5) is 2.89. The summed E-state index contributed by atoms with van der Waals surface area (Å²) in [7, 11) is 0. The zero-order valence-electron chi connectivity index (χ0n) is 14.1. The molecular formula is C20H31ClN2. The van der Waals surface area contributed by atoms with E-state index >= 15 is 0 Å². The first-order valence-corrected chi connectivity index (χ1v) is 9.41. The van der Waals surface area contributed by atoms with Crippen LogP contribution in [0.4, 0.5) is 0 Å². The first-order valence-electron chi connectivity index (χ1n) is 9.41. The van der Waals surface area contributed by atoms with E-state index in [0.717, 1.165) is 23.8 Å². The van der Waals surface area contributed by atoms with Crippen LogP contribution in [-0.2, 0) is 0 Å². The van der Waals surface area contributed by atoms with Crippen LogP contribution in [0.2, 0.25) is 0 Å². The molecule has 2 nitrogen and oxygen atoms in total. The van der Waals surface area contributed by atoms with Crippen LogP contribution in [0.3, 0.4) is 0 Å². The number of likely N-dealkylation sites (tertiary alicyclic amines) is 1. The molecule has 0 bridgehead atoms. The van der Waals surface area contributed by atoms with Crippen LogP contribution < -0.4 is 5.32 Å². The van der Waals surface area contributed by atoms with Gasteiger partial charge in [-0.05, 0) is 56.2 Å². The molecule has 3 heteroatoms. The topological polar surface area (TPSA) is 15.3 Å². The van der Waals surface area contributed by atoms with Gasteiger partial charge in [0, 0.05) is 25.0 Å². The fourth-order valence-electron chi connectivity index (χ4n) is 5.24. The smallest absolute Gasteiger partial charge is 0.0130 e. The van der Waals surface area contributed by atoms with Crippen molar-refractivity contribution < 1.29 is 0 Å². The Kier molecular flexibility index (Phi) is 6.01. The minimum Gasteiger partial charge on any atom is -0.317 e. The van der Waals surface area contributed by atoms with Gasteiger partial charge in [-0.15, -0.1) is 12.4 Å². The number of nitrogens with zero attached hydrogens (tertiary/aromatic N) is 1. The summed E-state index contributed by atoms with van der Waals surface area (Å²) in [6, 6.07) is 12.2. The predicted molar refractivity (Wildman–Crippen MR) is 99.3 cm³/mol. The van der Waals surface area contributed by atoms with Gasteiger partial charge < -0.3 is 5.32 Å². The highest BCUT2D eigenvalue weighted by Gasteiger charge is 2.43. The van der Waals surface area contributed by atoms with Gasteiger partial charge in [-0.2, -0.15) is 0 Å². The standard InChI is InChI=1S/C20H30N2.ClH/c1-2-6-17(7-3-1)19-15-22(14-16-10-12-21-13-11-16)20-9-5-4-8-18(19)20;/h1-3,6-7,16,18-21H,4-5,8-15H2;1H. The Morgan fingerprint density at radius 2 is 1.70 bits per heavy atom. The van der Waals surface area contributed by atoms with Crippen LogP contribution in [0.1, 0.15) is 50.0 Å². The quantitative estimate of drug-likeness (QED) is 0.896. The third-order valence-corrected chi connectivity index (χ3v) is 6.38. The Morgan fingerprint density at radius 1 is 0.957 bits per heavy atom. The molecule has 1 N–H and O–H groups in total. The number of rotatable bonds is 3. The lowest BCUT2D eigenvalue weighted by molar-refractivity contribution is 0.148. The van der Waals surface area contributed by atoms with E-state index in [1.165, 1.54) is 64.7 Å². The number of benzene rings is 1. The van der Waals surface area contributed by atoms with Crippen molar-refractivity contribution >= 4 is 12.4 Å². The summed E-state index contributed by atoms with van der Waals surface area (Å²) in [6.45, 7) is 5.12. The minimum atomic E-state index is 0. The Hall–Kier alpha value is -0.570. The van der Waals surface area contributed by atoms with Crippen LogP contribution in [0.15, 0.2) is 30.3 Å². The third-order valence-electron chi connectivity index (χ3n) is 6.38. The van der Waals surface area contributed by atoms with Crippen molar-refractivity contribution in [3.05, 3.63) is 35.9 Å². The Labute approximate surface area is 147 Å². The van der Waals surface area contributed by atoms with Crippen molar-refractivity contribution in [3.8, 4) is 0 Å². The third kappa shape index (κ3) is 3.75. The van der Waals surface area contributed by atoms with Crippen molar-refractivity contribution in [2.45, 2.75) is 50.5 Å². The molecular weight excluding hydrogens is 304 g/mol. The van der Waals surface area contributed by atoms with Crippen molar-refractivity contribution in [2.75, 3.05) is 26.2 Å². The first kappa shape index (κ1) is 17.3. The summed E-state index contributed by atoms with van der Waals surface area (Å²) in [5, 5.41) is 3.51. The fraction of sp³-hybridized carbons (Fsp3) is 0.700. The van der Waals surface area contributed by atoms with Crippen LogP contribution in [-0.4, -0.2) is 37.1 Å². The zero-order chi connectivity index (χ0) is 14.8. The summed E-state index contributed by atoms with van der Waals surface area (Å²) in [5.74, 6) is 2.63. The molecule has 1 aromatic carbocycles. The van der Waals surface area contributed by atoms with E-state index in [1.54, 1.807) is 5.56 Å². The lowest BCUT2D eigenvalue weighted by atomic mass is 9.77. The lowest BCUT2D eigenvalue weighted by Gasteiger charge is -2.35. The van der Waals surface area contributed by atoms with E-state index in [2.05, 4.69) is 40.5 Å². The maximum Gasteiger partial charge on any atom is 0.0130 e. The molecule has 2 aliphatic heterocycles. The van der Waals surface area contributed by atoms with Gasteiger partial charge in [-0.25, -0.2) is 0 Å². The van der Waals surface area contributed by atoms with Crippen LogP contribution >= 0.6 is 12.4 Å². The number of hydrogen-bond acceptors (Lipinski definition) is 2. The molecule has 0 spiro atoms. The molecule has 3 fully saturated rings. The SMILES string of the molecule is Cl.c1ccc(C2CN(CC3CCNCC3)C3CCCCC23)cc1. The van der Waals surface area contributed by atoms with Gasteiger partial charge in [0.05, 0.1) is 0 Å². The molecule has 1 aliphatic carbocycles. The Morgan fingerprint density at radius 3 is 2.48 bits per heavy atom. The molecule has 1 aromatic rings. The van der Waals surface area contributed by atoms with Gasteiger partial charge in [0.15, 0.2) is 0 Å². The van der Waals surface area contributed by atoms with E-state index in [4.69, 9.17) is 0 Å². The Bertz CT molecular complexity index is 472. The molecule has 128 valence electrons. The average molecular weight is 335 g/mol. The largest absolute Gasteiger partial charge is 0.317 e. The van der Waals surface area contributed by atoms with Gasteiger partial charge in [0.25, 0.3) is 0 Å². The molecule has 4 rings (SSSR count). The molecule has 0 radical (unpaired) electrons. The number of piperidine rings is 1. The van der Waals surface area contributed by atoms with E-state index in [-0.39, 0.29) is 12.4 Å². The summed E-state index contributed by atoms with van der Waals surface area (Å²) < 4.78 is 0. The molecule has 2 heterocycles.